The Kier molecular flexibility index (Phi) is 6.08. The Bertz CT molecular complexity index is 841. The Balaban J connectivity index is 1.51. The molecule has 3 rings (SSSR count). The first-order valence-electron chi connectivity index (χ1n) is 8.71. The predicted molar refractivity (Wildman–Crippen MR) is 104 cm³/mol. The van der Waals surface area contributed by atoms with Gasteiger partial charge in [-0.2, -0.15) is 0 Å². The van der Waals surface area contributed by atoms with Crippen molar-refractivity contribution in [2.75, 3.05) is 31.1 Å². The van der Waals surface area contributed by atoms with Gasteiger partial charge in [0.15, 0.2) is 0 Å². The summed E-state index contributed by atoms with van der Waals surface area (Å²) < 4.78 is 0. The Morgan fingerprint density at radius 3 is 2.52 bits per heavy atom. The van der Waals surface area contributed by atoms with Crippen molar-refractivity contribution in [3.8, 4) is 0 Å². The molecule has 3 amide bonds. The van der Waals surface area contributed by atoms with Gasteiger partial charge in [-0.3, -0.25) is 14.4 Å². The van der Waals surface area contributed by atoms with Crippen LogP contribution in [-0.2, 0) is 20.8 Å². The number of benzene rings is 2. The Morgan fingerprint density at radius 2 is 1.78 bits per heavy atom. The fourth-order valence-corrected chi connectivity index (χ4v) is 3.12. The molecule has 0 aromatic heterocycles. The molecule has 6 nitrogen and oxygen atoms in total. The smallest absolute Gasteiger partial charge is 0.316 e. The largest absolute Gasteiger partial charge is 0.354 e. The summed E-state index contributed by atoms with van der Waals surface area (Å²) in [5.74, 6) is -1.61. The lowest BCUT2D eigenvalue weighted by atomic mass is 10.1. The molecule has 0 aliphatic carbocycles. The number of piperazine rings is 1. The number of rotatable bonds is 6. The van der Waals surface area contributed by atoms with E-state index in [2.05, 4.69) is 5.32 Å². The maximum absolute atomic E-state index is 12.4. The lowest BCUT2D eigenvalue weighted by molar-refractivity contribution is -0.147. The summed E-state index contributed by atoms with van der Waals surface area (Å²) in [7, 11) is 0. The maximum Gasteiger partial charge on any atom is 0.316 e. The van der Waals surface area contributed by atoms with E-state index in [4.69, 9.17) is 11.6 Å². The fourth-order valence-electron chi connectivity index (χ4n) is 2.94. The first-order chi connectivity index (χ1) is 13.0. The van der Waals surface area contributed by atoms with Crippen molar-refractivity contribution in [3.05, 3.63) is 65.2 Å². The molecule has 1 N–H and O–H groups in total. The molecular formula is C20H20ClN3O3. The Hall–Kier alpha value is -2.86. The van der Waals surface area contributed by atoms with Gasteiger partial charge in [0.2, 0.25) is 5.91 Å². The van der Waals surface area contributed by atoms with Gasteiger partial charge in [-0.15, -0.1) is 0 Å². The molecule has 1 aliphatic heterocycles. The van der Waals surface area contributed by atoms with Crippen molar-refractivity contribution in [1.82, 2.24) is 10.2 Å². The van der Waals surface area contributed by atoms with E-state index in [0.717, 1.165) is 5.56 Å². The molecule has 0 radical (unpaired) electrons. The van der Waals surface area contributed by atoms with Gasteiger partial charge in [0.05, 0.1) is 0 Å². The minimum absolute atomic E-state index is 0.122. The van der Waals surface area contributed by atoms with Crippen molar-refractivity contribution >= 4 is 35.0 Å². The molecule has 27 heavy (non-hydrogen) atoms. The molecule has 2 aromatic rings. The van der Waals surface area contributed by atoms with Crippen LogP contribution in [0.15, 0.2) is 54.6 Å². The van der Waals surface area contributed by atoms with Gasteiger partial charge in [0.25, 0.3) is 0 Å². The third kappa shape index (κ3) is 4.86. The summed E-state index contributed by atoms with van der Waals surface area (Å²) in [5.41, 5.74) is 1.70. The van der Waals surface area contributed by atoms with Crippen molar-refractivity contribution in [1.29, 1.82) is 0 Å². The highest BCUT2D eigenvalue weighted by atomic mass is 35.5. The molecule has 7 heteroatoms. The quantitative estimate of drug-likeness (QED) is 0.772. The highest BCUT2D eigenvalue weighted by Crippen LogP contribution is 2.21. The Labute approximate surface area is 162 Å². The zero-order chi connectivity index (χ0) is 19.2. The van der Waals surface area contributed by atoms with Gasteiger partial charge in [-0.05, 0) is 30.2 Å². The zero-order valence-electron chi connectivity index (χ0n) is 14.7. The molecule has 0 spiro atoms. The number of nitrogens with zero attached hydrogens (tertiary/aromatic N) is 2. The van der Waals surface area contributed by atoms with E-state index in [1.165, 1.54) is 9.80 Å². The van der Waals surface area contributed by atoms with Crippen LogP contribution < -0.4 is 10.2 Å². The summed E-state index contributed by atoms with van der Waals surface area (Å²) in [6.07, 6.45) is 0.710. The lowest BCUT2D eigenvalue weighted by Gasteiger charge is -2.33. The van der Waals surface area contributed by atoms with Gasteiger partial charge >= 0.3 is 11.8 Å². The van der Waals surface area contributed by atoms with E-state index in [-0.39, 0.29) is 12.5 Å². The summed E-state index contributed by atoms with van der Waals surface area (Å²) >= 11 is 5.95. The number of halogens is 1. The number of hydrogen-bond donors (Lipinski definition) is 1. The normalized spacial score (nSPS) is 14.4. The van der Waals surface area contributed by atoms with E-state index >= 15 is 0 Å². The summed E-state index contributed by atoms with van der Waals surface area (Å²) in [6, 6.07) is 16.6. The number of carbonyl (C=O) groups excluding carboxylic acids is 3. The first-order valence-corrected chi connectivity index (χ1v) is 9.09. The van der Waals surface area contributed by atoms with Crippen LogP contribution >= 0.6 is 11.6 Å². The molecule has 1 fully saturated rings. The van der Waals surface area contributed by atoms with Crippen molar-refractivity contribution in [3.63, 3.8) is 0 Å². The summed E-state index contributed by atoms with van der Waals surface area (Å²) in [6.45, 7) is 0.974. The molecule has 1 heterocycles. The van der Waals surface area contributed by atoms with E-state index < -0.39 is 11.8 Å². The number of carbonyl (C=O) groups is 3. The van der Waals surface area contributed by atoms with Gasteiger partial charge in [0, 0.05) is 30.3 Å². The number of anilines is 1. The Morgan fingerprint density at radius 1 is 1.00 bits per heavy atom. The van der Waals surface area contributed by atoms with Crippen molar-refractivity contribution in [2.24, 2.45) is 0 Å². The monoisotopic (exact) mass is 385 g/mol. The highest BCUT2D eigenvalue weighted by Gasteiger charge is 2.34. The number of amides is 3. The maximum atomic E-state index is 12.4. The highest BCUT2D eigenvalue weighted by molar-refractivity contribution is 6.41. The number of nitrogens with one attached hydrogen (secondary N) is 1. The molecule has 140 valence electrons. The van der Waals surface area contributed by atoms with Gasteiger partial charge < -0.3 is 15.1 Å². The van der Waals surface area contributed by atoms with Crippen LogP contribution in [0.5, 0.6) is 0 Å². The first kappa shape index (κ1) is 18.9. The molecule has 0 unspecified atom stereocenters. The van der Waals surface area contributed by atoms with Crippen LogP contribution in [0.4, 0.5) is 5.69 Å². The molecule has 1 saturated heterocycles. The fraction of sp³-hybridized carbons (Fsp3) is 0.250. The summed E-state index contributed by atoms with van der Waals surface area (Å²) in [4.78, 5) is 39.5. The second-order valence-corrected chi connectivity index (χ2v) is 6.69. The van der Waals surface area contributed by atoms with E-state index in [0.29, 0.717) is 36.8 Å². The standard InChI is InChI=1S/C20H20ClN3O3/c21-16-7-4-8-17(13-16)24-12-11-23(19(26)20(24)27)14-18(25)22-10-9-15-5-2-1-3-6-15/h1-8,13H,9-12,14H2,(H,22,25). The molecule has 0 bridgehead atoms. The van der Waals surface area contributed by atoms with E-state index in [9.17, 15) is 14.4 Å². The van der Waals surface area contributed by atoms with Crippen LogP contribution in [0.25, 0.3) is 0 Å². The minimum Gasteiger partial charge on any atom is -0.354 e. The van der Waals surface area contributed by atoms with Crippen molar-refractivity contribution < 1.29 is 14.4 Å². The average molecular weight is 386 g/mol. The topological polar surface area (TPSA) is 69.7 Å². The third-order valence-electron chi connectivity index (χ3n) is 4.34. The molecular weight excluding hydrogens is 366 g/mol. The van der Waals surface area contributed by atoms with Crippen molar-refractivity contribution in [2.45, 2.75) is 6.42 Å². The van der Waals surface area contributed by atoms with Crippen LogP contribution in [0.1, 0.15) is 5.56 Å². The molecule has 2 aromatic carbocycles. The molecule has 0 saturated carbocycles. The van der Waals surface area contributed by atoms with Crippen LogP contribution in [0.2, 0.25) is 5.02 Å². The third-order valence-corrected chi connectivity index (χ3v) is 4.58. The number of hydrogen-bond acceptors (Lipinski definition) is 3. The molecule has 0 atom stereocenters. The van der Waals surface area contributed by atoms with Crippen LogP contribution in [0, 0.1) is 0 Å². The van der Waals surface area contributed by atoms with E-state index in [1.54, 1.807) is 24.3 Å². The lowest BCUT2D eigenvalue weighted by Crippen LogP contribution is -2.56. The van der Waals surface area contributed by atoms with Crippen LogP contribution in [0.3, 0.4) is 0 Å². The SMILES string of the molecule is O=C(CN1CCN(c2cccc(Cl)c2)C(=O)C1=O)NCCc1ccccc1. The second-order valence-electron chi connectivity index (χ2n) is 6.25. The minimum atomic E-state index is -0.681. The molecule has 1 aliphatic rings. The zero-order valence-corrected chi connectivity index (χ0v) is 15.5. The second kappa shape index (κ2) is 8.68. The van der Waals surface area contributed by atoms with Crippen LogP contribution in [-0.4, -0.2) is 48.8 Å². The predicted octanol–water partition coefficient (Wildman–Crippen LogP) is 1.87. The van der Waals surface area contributed by atoms with E-state index in [1.807, 2.05) is 30.3 Å². The van der Waals surface area contributed by atoms with Gasteiger partial charge in [-0.1, -0.05) is 48.0 Å². The summed E-state index contributed by atoms with van der Waals surface area (Å²) in [5, 5.41) is 3.28. The van der Waals surface area contributed by atoms with Gasteiger partial charge in [0.1, 0.15) is 6.54 Å². The van der Waals surface area contributed by atoms with Gasteiger partial charge in [-0.25, -0.2) is 0 Å². The average Bonchev–Trinajstić information content (AvgIpc) is 2.66.